The summed E-state index contributed by atoms with van der Waals surface area (Å²) in [6, 6.07) is 0.211. The number of carbonyl (C=O) groups excluding carboxylic acids is 1. The molecule has 0 aliphatic heterocycles. The zero-order valence-corrected chi connectivity index (χ0v) is 16.5. The van der Waals surface area contributed by atoms with E-state index < -0.39 is 0 Å². The maximum absolute atomic E-state index is 11.6. The predicted molar refractivity (Wildman–Crippen MR) is 100 cm³/mol. The summed E-state index contributed by atoms with van der Waals surface area (Å²) in [7, 11) is 0. The van der Waals surface area contributed by atoms with Gasteiger partial charge in [0.1, 0.15) is 6.10 Å². The van der Waals surface area contributed by atoms with E-state index in [1.807, 2.05) is 0 Å². The molecule has 0 aromatic rings. The van der Waals surface area contributed by atoms with Crippen LogP contribution in [-0.2, 0) is 9.53 Å². The molecule has 26 heavy (non-hydrogen) atoms. The van der Waals surface area contributed by atoms with Crippen LogP contribution in [-0.4, -0.2) is 18.1 Å². The van der Waals surface area contributed by atoms with Crippen molar-refractivity contribution in [3.05, 3.63) is 10.4 Å². The van der Waals surface area contributed by atoms with Crippen molar-refractivity contribution in [2.45, 2.75) is 90.7 Å². The van der Waals surface area contributed by atoms with Crippen molar-refractivity contribution in [3.8, 4) is 0 Å². The van der Waals surface area contributed by atoms with Gasteiger partial charge < -0.3 is 4.74 Å². The van der Waals surface area contributed by atoms with E-state index in [1.165, 1.54) is 38.5 Å². The molecule has 144 valence electrons. The number of hydrogen-bond acceptors (Lipinski definition) is 3. The van der Waals surface area contributed by atoms with Gasteiger partial charge in [0.25, 0.3) is 0 Å². The Morgan fingerprint density at radius 2 is 1.77 bits per heavy atom. The molecule has 0 N–H and O–H groups in total. The second kappa shape index (κ2) is 6.44. The monoisotopic (exact) mass is 359 g/mol. The van der Waals surface area contributed by atoms with Crippen LogP contribution >= 0.6 is 0 Å². The molecule has 0 saturated heterocycles. The Morgan fingerprint density at radius 1 is 1.04 bits per heavy atom. The van der Waals surface area contributed by atoms with Gasteiger partial charge >= 0.3 is 5.97 Å². The van der Waals surface area contributed by atoms with Crippen LogP contribution in [0.5, 0.6) is 0 Å². The number of rotatable bonds is 2. The Bertz CT molecular complexity index is 631. The van der Waals surface area contributed by atoms with Gasteiger partial charge in [-0.15, -0.1) is 0 Å². The lowest BCUT2D eigenvalue weighted by Crippen LogP contribution is -2.54. The number of hydrogen-bond donors (Lipinski definition) is 0. The smallest absolute Gasteiger partial charge is 0.302 e. The van der Waals surface area contributed by atoms with Gasteiger partial charge in [0, 0.05) is 23.3 Å². The second-order valence-electron chi connectivity index (χ2n) is 10.0. The summed E-state index contributed by atoms with van der Waals surface area (Å²) in [4.78, 5) is 14.6. The summed E-state index contributed by atoms with van der Waals surface area (Å²) in [6.45, 7) is 6.47. The molecule has 4 rings (SSSR count). The van der Waals surface area contributed by atoms with Crippen LogP contribution in [0.2, 0.25) is 0 Å². The van der Waals surface area contributed by atoms with Crippen LogP contribution in [0.15, 0.2) is 5.11 Å². The number of carbonyl (C=O) groups is 1. The second-order valence-corrected chi connectivity index (χ2v) is 10.0. The Labute approximate surface area is 156 Å². The third-order valence-corrected chi connectivity index (χ3v) is 9.07. The minimum absolute atomic E-state index is 0.119. The number of nitrogens with zero attached hydrogens (tertiary/aromatic N) is 3. The molecule has 0 spiro atoms. The molecule has 0 radical (unpaired) electrons. The average molecular weight is 360 g/mol. The van der Waals surface area contributed by atoms with Crippen LogP contribution in [0.25, 0.3) is 10.4 Å². The first-order valence-electron chi connectivity index (χ1n) is 10.6. The number of azide groups is 1. The normalized spacial score (nSPS) is 50.0. The lowest BCUT2D eigenvalue weighted by Gasteiger charge is -2.60. The quantitative estimate of drug-likeness (QED) is 0.277. The fourth-order valence-corrected chi connectivity index (χ4v) is 7.76. The standard InChI is InChI=1S/C21H33N3O2/c1-13(25)26-19-7-6-17-16-5-4-14-12-15(23-24-22)8-10-20(14,2)18(16)9-11-21(17,19)3/h14-19H,4-12H2,1-3H3. The first-order valence-corrected chi connectivity index (χ1v) is 10.6. The molecular formula is C21H33N3O2. The van der Waals surface area contributed by atoms with Crippen molar-refractivity contribution in [1.29, 1.82) is 0 Å². The van der Waals surface area contributed by atoms with Gasteiger partial charge in [-0.2, -0.15) is 0 Å². The molecule has 0 heterocycles. The predicted octanol–water partition coefficient (Wildman–Crippen LogP) is 5.64. The molecule has 8 atom stereocenters. The van der Waals surface area contributed by atoms with E-state index in [4.69, 9.17) is 10.3 Å². The summed E-state index contributed by atoms with van der Waals surface area (Å²) < 4.78 is 5.75. The van der Waals surface area contributed by atoms with Crippen molar-refractivity contribution in [3.63, 3.8) is 0 Å². The Morgan fingerprint density at radius 3 is 2.50 bits per heavy atom. The van der Waals surface area contributed by atoms with Crippen LogP contribution in [0, 0.1) is 34.5 Å². The minimum Gasteiger partial charge on any atom is -0.462 e. The van der Waals surface area contributed by atoms with E-state index >= 15 is 0 Å². The van der Waals surface area contributed by atoms with E-state index in [-0.39, 0.29) is 23.5 Å². The summed E-state index contributed by atoms with van der Waals surface area (Å²) >= 11 is 0. The molecule has 5 nitrogen and oxygen atoms in total. The van der Waals surface area contributed by atoms with Crippen molar-refractivity contribution >= 4 is 5.97 Å². The maximum Gasteiger partial charge on any atom is 0.302 e. The zero-order chi connectivity index (χ0) is 18.5. The topological polar surface area (TPSA) is 75.1 Å². The molecule has 0 amide bonds. The van der Waals surface area contributed by atoms with Crippen molar-refractivity contribution < 1.29 is 9.53 Å². The lowest BCUT2D eigenvalue weighted by atomic mass is 9.45. The Hall–Kier alpha value is -1.22. The highest BCUT2D eigenvalue weighted by Crippen LogP contribution is 2.66. The summed E-state index contributed by atoms with van der Waals surface area (Å²) in [6.07, 6.45) is 10.8. The van der Waals surface area contributed by atoms with Gasteiger partial charge in [0.2, 0.25) is 0 Å². The van der Waals surface area contributed by atoms with Gasteiger partial charge in [-0.3, -0.25) is 4.79 Å². The van der Waals surface area contributed by atoms with Gasteiger partial charge in [-0.05, 0) is 92.4 Å². The minimum atomic E-state index is -0.119. The first-order chi connectivity index (χ1) is 12.4. The van der Waals surface area contributed by atoms with Crippen LogP contribution in [0.1, 0.15) is 78.6 Å². The molecule has 4 fully saturated rings. The Balaban J connectivity index is 1.55. The fourth-order valence-electron chi connectivity index (χ4n) is 7.76. The molecule has 8 unspecified atom stereocenters. The third kappa shape index (κ3) is 2.66. The van der Waals surface area contributed by atoms with Crippen LogP contribution in [0.4, 0.5) is 0 Å². The molecule has 5 heteroatoms. The molecule has 4 aliphatic rings. The van der Waals surface area contributed by atoms with Crippen LogP contribution in [0.3, 0.4) is 0 Å². The molecular weight excluding hydrogens is 326 g/mol. The highest BCUT2D eigenvalue weighted by molar-refractivity contribution is 5.66. The fraction of sp³-hybridized carbons (Fsp3) is 0.952. The molecule has 4 aliphatic carbocycles. The number of fused-ring (bicyclic) bond motifs is 5. The maximum atomic E-state index is 11.6. The molecule has 4 saturated carbocycles. The largest absolute Gasteiger partial charge is 0.462 e. The van der Waals surface area contributed by atoms with E-state index in [1.54, 1.807) is 6.92 Å². The van der Waals surface area contributed by atoms with Crippen molar-refractivity contribution in [2.24, 2.45) is 39.6 Å². The zero-order valence-electron chi connectivity index (χ0n) is 16.5. The summed E-state index contributed by atoms with van der Waals surface area (Å²) in [5.74, 6) is 2.88. The van der Waals surface area contributed by atoms with Crippen LogP contribution < -0.4 is 0 Å². The number of esters is 1. The highest BCUT2D eigenvalue weighted by atomic mass is 16.5. The van der Waals surface area contributed by atoms with E-state index in [0.717, 1.165) is 31.1 Å². The van der Waals surface area contributed by atoms with Crippen molar-refractivity contribution in [1.82, 2.24) is 0 Å². The SMILES string of the molecule is CC(=O)OC1CCC2C3CCC4CC(N=[N+]=[N-])CCC4(C)C3CCC12C. The van der Waals surface area contributed by atoms with E-state index in [2.05, 4.69) is 23.9 Å². The molecule has 0 bridgehead atoms. The Kier molecular flexibility index (Phi) is 4.50. The van der Waals surface area contributed by atoms with Gasteiger partial charge in [0.05, 0.1) is 0 Å². The van der Waals surface area contributed by atoms with Gasteiger partial charge in [-0.1, -0.05) is 19.0 Å². The summed E-state index contributed by atoms with van der Waals surface area (Å²) in [5.41, 5.74) is 9.39. The van der Waals surface area contributed by atoms with E-state index in [0.29, 0.717) is 17.3 Å². The van der Waals surface area contributed by atoms with Gasteiger partial charge in [-0.25, -0.2) is 0 Å². The van der Waals surface area contributed by atoms with Gasteiger partial charge in [0.15, 0.2) is 0 Å². The lowest BCUT2D eigenvalue weighted by molar-refractivity contribution is -0.161. The summed E-state index contributed by atoms with van der Waals surface area (Å²) in [5, 5.41) is 4.04. The molecule has 0 aromatic carbocycles. The van der Waals surface area contributed by atoms with E-state index in [9.17, 15) is 4.79 Å². The highest BCUT2D eigenvalue weighted by Gasteiger charge is 2.60. The average Bonchev–Trinajstić information content (AvgIpc) is 2.91. The third-order valence-electron chi connectivity index (χ3n) is 9.07. The van der Waals surface area contributed by atoms with Crippen molar-refractivity contribution in [2.75, 3.05) is 0 Å². The number of ether oxygens (including phenoxy) is 1. The molecule has 0 aromatic heterocycles. The first kappa shape index (κ1) is 18.2.